The summed E-state index contributed by atoms with van der Waals surface area (Å²) in [6.07, 6.45) is 4.34. The molecule has 0 radical (unpaired) electrons. The van der Waals surface area contributed by atoms with E-state index < -0.39 is 0 Å². The number of aromatic amines is 1. The number of carbonyl (C=O) groups is 1. The first kappa shape index (κ1) is 23.6. The molecule has 1 aliphatic rings. The molecule has 1 atom stereocenters. The average Bonchev–Trinajstić information content (AvgIpc) is 3.56. The van der Waals surface area contributed by atoms with Crippen LogP contribution in [-0.2, 0) is 4.74 Å². The summed E-state index contributed by atoms with van der Waals surface area (Å²) in [7, 11) is 1.61. The predicted molar refractivity (Wildman–Crippen MR) is 136 cm³/mol. The highest BCUT2D eigenvalue weighted by atomic mass is 16.5. The molecule has 1 aromatic carbocycles. The van der Waals surface area contributed by atoms with Crippen LogP contribution in [0.5, 0.6) is 11.8 Å². The maximum Gasteiger partial charge on any atom is 0.251 e. The maximum atomic E-state index is 12.0. The molecule has 3 aromatic heterocycles. The zero-order valence-corrected chi connectivity index (χ0v) is 20.4. The minimum absolute atomic E-state index is 0.0919. The first-order chi connectivity index (χ1) is 17.6. The number of hydrogen-bond donors (Lipinski definition) is 3. The van der Waals surface area contributed by atoms with Gasteiger partial charge in [0.05, 0.1) is 25.2 Å². The van der Waals surface area contributed by atoms with Gasteiger partial charge in [-0.1, -0.05) is 0 Å². The Balaban J connectivity index is 1.52. The third-order valence-electron chi connectivity index (χ3n) is 5.97. The summed E-state index contributed by atoms with van der Waals surface area (Å²) >= 11 is 0. The molecular formula is C26H28N6O4. The lowest BCUT2D eigenvalue weighted by Crippen LogP contribution is -2.18. The van der Waals surface area contributed by atoms with Gasteiger partial charge in [-0.3, -0.25) is 4.79 Å². The number of aromatic nitrogens is 4. The zero-order valence-electron chi connectivity index (χ0n) is 20.4. The topological polar surface area (TPSA) is 123 Å². The van der Waals surface area contributed by atoms with Gasteiger partial charge in [-0.2, -0.15) is 9.97 Å². The lowest BCUT2D eigenvalue weighted by molar-refractivity contribution is 0.0963. The lowest BCUT2D eigenvalue weighted by atomic mass is 10.1. The van der Waals surface area contributed by atoms with Crippen molar-refractivity contribution in [2.24, 2.45) is 0 Å². The molecule has 10 heteroatoms. The van der Waals surface area contributed by atoms with Gasteiger partial charge in [0.25, 0.3) is 5.91 Å². The van der Waals surface area contributed by atoms with Gasteiger partial charge in [0.1, 0.15) is 11.8 Å². The Kier molecular flexibility index (Phi) is 6.68. The Morgan fingerprint density at radius 3 is 2.83 bits per heavy atom. The quantitative estimate of drug-likeness (QED) is 0.340. The molecule has 0 spiro atoms. The summed E-state index contributed by atoms with van der Waals surface area (Å²) in [6, 6.07) is 9.20. The van der Waals surface area contributed by atoms with Crippen molar-refractivity contribution in [2.45, 2.75) is 26.4 Å². The van der Waals surface area contributed by atoms with Crippen molar-refractivity contribution in [3.63, 3.8) is 0 Å². The van der Waals surface area contributed by atoms with Gasteiger partial charge in [-0.15, -0.1) is 0 Å². The molecule has 4 heterocycles. The summed E-state index contributed by atoms with van der Waals surface area (Å²) in [5, 5.41) is 6.68. The van der Waals surface area contributed by atoms with E-state index in [-0.39, 0.29) is 12.0 Å². The minimum atomic E-state index is -0.139. The molecule has 36 heavy (non-hydrogen) atoms. The van der Waals surface area contributed by atoms with Crippen LogP contribution in [0.3, 0.4) is 0 Å². The molecule has 1 unspecified atom stereocenters. The van der Waals surface area contributed by atoms with Gasteiger partial charge >= 0.3 is 0 Å². The largest absolute Gasteiger partial charge is 0.478 e. The fourth-order valence-corrected chi connectivity index (χ4v) is 4.12. The van der Waals surface area contributed by atoms with E-state index in [1.54, 1.807) is 19.3 Å². The SMILES string of the molecule is CCOc1ccc(-c2c[nH]c3nc(Nc4ccc(C(=O)NC)cc4C)nc(OC4CCOC4)c23)cn1. The Morgan fingerprint density at radius 2 is 2.14 bits per heavy atom. The molecule has 0 saturated carbocycles. The molecule has 0 bridgehead atoms. The average molecular weight is 489 g/mol. The van der Waals surface area contributed by atoms with Crippen molar-refractivity contribution in [1.29, 1.82) is 0 Å². The summed E-state index contributed by atoms with van der Waals surface area (Å²) < 4.78 is 17.3. The number of aryl methyl sites for hydroxylation is 1. The van der Waals surface area contributed by atoms with Gasteiger partial charge in [0.2, 0.25) is 17.7 Å². The van der Waals surface area contributed by atoms with Crippen molar-refractivity contribution < 1.29 is 19.0 Å². The normalized spacial score (nSPS) is 15.1. The van der Waals surface area contributed by atoms with Crippen molar-refractivity contribution >= 4 is 28.6 Å². The fraction of sp³-hybridized carbons (Fsp3) is 0.308. The van der Waals surface area contributed by atoms with E-state index in [4.69, 9.17) is 24.2 Å². The molecule has 1 aliphatic heterocycles. The Morgan fingerprint density at radius 1 is 1.25 bits per heavy atom. The van der Waals surface area contributed by atoms with Crippen LogP contribution in [0.1, 0.15) is 29.3 Å². The van der Waals surface area contributed by atoms with Crippen LogP contribution in [0.2, 0.25) is 0 Å². The van der Waals surface area contributed by atoms with Crippen molar-refractivity contribution in [3.8, 4) is 22.9 Å². The minimum Gasteiger partial charge on any atom is -0.478 e. The highest BCUT2D eigenvalue weighted by Crippen LogP contribution is 2.36. The fourth-order valence-electron chi connectivity index (χ4n) is 4.12. The number of pyridine rings is 1. The molecule has 186 valence electrons. The first-order valence-electron chi connectivity index (χ1n) is 11.9. The van der Waals surface area contributed by atoms with E-state index in [0.29, 0.717) is 48.7 Å². The van der Waals surface area contributed by atoms with Crippen LogP contribution >= 0.6 is 0 Å². The summed E-state index contributed by atoms with van der Waals surface area (Å²) in [6.45, 7) is 5.57. The molecular weight excluding hydrogens is 460 g/mol. The number of nitrogens with zero attached hydrogens (tertiary/aromatic N) is 3. The molecule has 0 aliphatic carbocycles. The maximum absolute atomic E-state index is 12.0. The standard InChI is InChI=1S/C26H28N6O4/c1-4-35-21-8-6-17(12-28-21)19-13-29-23-22(19)25(36-18-9-10-34-14-18)32-26(31-23)30-20-7-5-16(11-15(20)2)24(33)27-3/h5-8,11-13,18H,4,9-10,14H2,1-3H3,(H,27,33)(H2,29,30,31,32). The molecule has 5 rings (SSSR count). The summed E-state index contributed by atoms with van der Waals surface area (Å²) in [5.74, 6) is 1.27. The predicted octanol–water partition coefficient (Wildman–Crippen LogP) is 4.00. The van der Waals surface area contributed by atoms with Crippen LogP contribution in [-0.4, -0.2) is 58.8 Å². The van der Waals surface area contributed by atoms with Gasteiger partial charge in [-0.05, 0) is 43.7 Å². The molecule has 1 saturated heterocycles. The monoisotopic (exact) mass is 488 g/mol. The van der Waals surface area contributed by atoms with E-state index in [2.05, 4.69) is 20.6 Å². The van der Waals surface area contributed by atoms with Crippen LogP contribution in [0, 0.1) is 6.92 Å². The second kappa shape index (κ2) is 10.2. The number of ether oxygens (including phenoxy) is 3. The third kappa shape index (κ3) is 4.80. The Hall–Kier alpha value is -4.18. The second-order valence-corrected chi connectivity index (χ2v) is 8.43. The molecule has 4 aromatic rings. The van der Waals surface area contributed by atoms with Crippen LogP contribution < -0.4 is 20.1 Å². The summed E-state index contributed by atoms with van der Waals surface area (Å²) in [5.41, 5.74) is 4.66. The lowest BCUT2D eigenvalue weighted by Gasteiger charge is -2.15. The number of H-pyrrole nitrogens is 1. The van der Waals surface area contributed by atoms with Gasteiger partial charge in [0, 0.05) is 54.3 Å². The number of hydrogen-bond acceptors (Lipinski definition) is 8. The first-order valence-corrected chi connectivity index (χ1v) is 11.9. The van der Waals surface area contributed by atoms with Crippen molar-refractivity contribution in [2.75, 3.05) is 32.2 Å². The number of benzene rings is 1. The Bertz CT molecular complexity index is 1380. The van der Waals surface area contributed by atoms with E-state index in [0.717, 1.165) is 34.2 Å². The highest BCUT2D eigenvalue weighted by molar-refractivity contribution is 5.98. The number of carbonyl (C=O) groups excluding carboxylic acids is 1. The molecule has 1 amide bonds. The van der Waals surface area contributed by atoms with Crippen LogP contribution in [0.25, 0.3) is 22.2 Å². The van der Waals surface area contributed by atoms with Gasteiger partial charge in [-0.25, -0.2) is 4.98 Å². The second-order valence-electron chi connectivity index (χ2n) is 8.43. The molecule has 3 N–H and O–H groups in total. The number of rotatable bonds is 8. The van der Waals surface area contributed by atoms with E-state index in [9.17, 15) is 4.79 Å². The Labute approximate surface area is 208 Å². The molecule has 10 nitrogen and oxygen atoms in total. The van der Waals surface area contributed by atoms with E-state index >= 15 is 0 Å². The van der Waals surface area contributed by atoms with Gasteiger partial charge < -0.3 is 29.8 Å². The van der Waals surface area contributed by atoms with Crippen LogP contribution in [0.15, 0.2) is 42.7 Å². The van der Waals surface area contributed by atoms with Crippen molar-refractivity contribution in [1.82, 2.24) is 25.3 Å². The highest BCUT2D eigenvalue weighted by Gasteiger charge is 2.23. The van der Waals surface area contributed by atoms with Crippen LogP contribution in [0.4, 0.5) is 11.6 Å². The number of anilines is 2. The van der Waals surface area contributed by atoms with Crippen molar-refractivity contribution in [3.05, 3.63) is 53.9 Å². The third-order valence-corrected chi connectivity index (χ3v) is 5.97. The molecule has 1 fully saturated rings. The number of nitrogens with one attached hydrogen (secondary N) is 3. The summed E-state index contributed by atoms with van der Waals surface area (Å²) in [4.78, 5) is 29.0. The number of amides is 1. The smallest absolute Gasteiger partial charge is 0.251 e. The van der Waals surface area contributed by atoms with E-state index in [1.165, 1.54) is 0 Å². The number of fused-ring (bicyclic) bond motifs is 1. The zero-order chi connectivity index (χ0) is 25.1. The van der Waals surface area contributed by atoms with Gasteiger partial charge in [0.15, 0.2) is 0 Å². The van der Waals surface area contributed by atoms with E-state index in [1.807, 2.05) is 44.3 Å².